The number of fused-ring (bicyclic) bond motifs is 1. The smallest absolute Gasteiger partial charge is 0.243 e. The molecule has 1 amide bonds. The molecule has 2 aromatic carbocycles. The highest BCUT2D eigenvalue weighted by molar-refractivity contribution is 7.89. The van der Waals surface area contributed by atoms with E-state index in [1.54, 1.807) is 22.5 Å². The fourth-order valence-corrected chi connectivity index (χ4v) is 6.23. The minimum absolute atomic E-state index is 0.0307. The van der Waals surface area contributed by atoms with Crippen molar-refractivity contribution in [3.8, 4) is 0 Å². The van der Waals surface area contributed by atoms with Gasteiger partial charge in [-0.1, -0.05) is 48.9 Å². The molecule has 1 aliphatic carbocycles. The summed E-state index contributed by atoms with van der Waals surface area (Å²) in [5.41, 5.74) is 3.26. The predicted molar refractivity (Wildman–Crippen MR) is 113 cm³/mol. The zero-order valence-electron chi connectivity index (χ0n) is 16.6. The summed E-state index contributed by atoms with van der Waals surface area (Å²) in [6.45, 7) is 1.38. The molecule has 6 heteroatoms. The lowest BCUT2D eigenvalue weighted by Gasteiger charge is -2.26. The number of carbonyl (C=O) groups is 1. The fourth-order valence-electron chi connectivity index (χ4n) is 4.49. The van der Waals surface area contributed by atoms with Crippen LogP contribution in [0.2, 0.25) is 0 Å². The van der Waals surface area contributed by atoms with Crippen molar-refractivity contribution in [3.63, 3.8) is 0 Å². The van der Waals surface area contributed by atoms with Gasteiger partial charge in [0, 0.05) is 26.1 Å². The molecule has 2 aromatic rings. The van der Waals surface area contributed by atoms with Crippen LogP contribution in [0, 0.1) is 0 Å². The van der Waals surface area contributed by atoms with Crippen molar-refractivity contribution in [2.75, 3.05) is 13.1 Å². The van der Waals surface area contributed by atoms with Crippen molar-refractivity contribution in [2.45, 2.75) is 55.9 Å². The van der Waals surface area contributed by atoms with E-state index in [1.807, 2.05) is 18.2 Å². The van der Waals surface area contributed by atoms with Gasteiger partial charge in [-0.15, -0.1) is 0 Å². The number of benzene rings is 2. The SMILES string of the molecule is O=C(CC1CCc2ccccc21)NCc1ccccc1S(=O)(=O)N1CCCCC1. The van der Waals surface area contributed by atoms with Crippen molar-refractivity contribution in [2.24, 2.45) is 0 Å². The second-order valence-electron chi connectivity index (χ2n) is 7.99. The number of nitrogens with one attached hydrogen (secondary N) is 1. The third-order valence-electron chi connectivity index (χ3n) is 6.07. The zero-order valence-corrected chi connectivity index (χ0v) is 17.5. The van der Waals surface area contributed by atoms with Crippen molar-refractivity contribution >= 4 is 15.9 Å². The molecule has 0 bridgehead atoms. The van der Waals surface area contributed by atoms with Crippen LogP contribution in [0.4, 0.5) is 0 Å². The number of amides is 1. The summed E-state index contributed by atoms with van der Waals surface area (Å²) in [4.78, 5) is 12.9. The van der Waals surface area contributed by atoms with Crippen LogP contribution >= 0.6 is 0 Å². The van der Waals surface area contributed by atoms with Crippen LogP contribution in [0.15, 0.2) is 53.4 Å². The Hall–Kier alpha value is -2.18. The van der Waals surface area contributed by atoms with Crippen LogP contribution < -0.4 is 5.32 Å². The molecule has 1 atom stereocenters. The van der Waals surface area contributed by atoms with Crippen LogP contribution in [0.25, 0.3) is 0 Å². The first-order chi connectivity index (χ1) is 14.1. The van der Waals surface area contributed by atoms with Gasteiger partial charge in [0.25, 0.3) is 0 Å². The molecule has 1 saturated heterocycles. The summed E-state index contributed by atoms with van der Waals surface area (Å²) in [5, 5.41) is 2.95. The molecule has 0 spiro atoms. The number of piperidine rings is 1. The molecule has 29 heavy (non-hydrogen) atoms. The van der Waals surface area contributed by atoms with E-state index in [0.717, 1.165) is 32.1 Å². The van der Waals surface area contributed by atoms with E-state index in [4.69, 9.17) is 0 Å². The van der Waals surface area contributed by atoms with Crippen LogP contribution in [0.5, 0.6) is 0 Å². The Morgan fingerprint density at radius 2 is 1.72 bits per heavy atom. The van der Waals surface area contributed by atoms with Crippen molar-refractivity contribution in [1.82, 2.24) is 9.62 Å². The first-order valence-electron chi connectivity index (χ1n) is 10.5. The Morgan fingerprint density at radius 3 is 2.55 bits per heavy atom. The Kier molecular flexibility index (Phi) is 6.01. The number of nitrogens with zero attached hydrogens (tertiary/aromatic N) is 1. The van der Waals surface area contributed by atoms with Gasteiger partial charge in [0.15, 0.2) is 0 Å². The third-order valence-corrected chi connectivity index (χ3v) is 8.07. The average molecular weight is 413 g/mol. The molecule has 154 valence electrons. The predicted octanol–water partition coefficient (Wildman–Crippen LogP) is 3.60. The summed E-state index contributed by atoms with van der Waals surface area (Å²) in [5.74, 6) is 0.218. The van der Waals surface area contributed by atoms with Gasteiger partial charge in [-0.3, -0.25) is 4.79 Å². The monoisotopic (exact) mass is 412 g/mol. The summed E-state index contributed by atoms with van der Waals surface area (Å²) in [6, 6.07) is 15.3. The van der Waals surface area contributed by atoms with Gasteiger partial charge in [-0.05, 0) is 54.4 Å². The van der Waals surface area contributed by atoms with E-state index in [1.165, 1.54) is 11.1 Å². The van der Waals surface area contributed by atoms with Gasteiger partial charge in [0.1, 0.15) is 0 Å². The molecule has 1 heterocycles. The Labute approximate surface area is 173 Å². The molecule has 0 saturated carbocycles. The van der Waals surface area contributed by atoms with Crippen LogP contribution in [-0.4, -0.2) is 31.7 Å². The van der Waals surface area contributed by atoms with Gasteiger partial charge in [0.05, 0.1) is 4.90 Å². The number of rotatable bonds is 6. The van der Waals surface area contributed by atoms with Crippen LogP contribution in [0.3, 0.4) is 0 Å². The summed E-state index contributed by atoms with van der Waals surface area (Å²) in [6.07, 6.45) is 5.34. The molecule has 2 aliphatic rings. The second-order valence-corrected chi connectivity index (χ2v) is 9.89. The number of carbonyl (C=O) groups excluding carboxylic acids is 1. The van der Waals surface area contributed by atoms with Crippen LogP contribution in [0.1, 0.15) is 54.7 Å². The highest BCUT2D eigenvalue weighted by Crippen LogP contribution is 2.35. The van der Waals surface area contributed by atoms with E-state index in [9.17, 15) is 13.2 Å². The normalized spacial score (nSPS) is 19.7. The number of hydrogen-bond acceptors (Lipinski definition) is 3. The molecule has 0 aromatic heterocycles. The van der Waals surface area contributed by atoms with E-state index in [2.05, 4.69) is 17.4 Å². The maximum absolute atomic E-state index is 13.1. The molecule has 1 aliphatic heterocycles. The maximum Gasteiger partial charge on any atom is 0.243 e. The van der Waals surface area contributed by atoms with Gasteiger partial charge < -0.3 is 5.32 Å². The molecule has 0 radical (unpaired) electrons. The number of hydrogen-bond donors (Lipinski definition) is 1. The minimum atomic E-state index is -3.52. The third kappa shape index (κ3) is 4.38. The lowest BCUT2D eigenvalue weighted by Crippen LogP contribution is -2.36. The van der Waals surface area contributed by atoms with Crippen LogP contribution in [-0.2, 0) is 27.8 Å². The first kappa shape index (κ1) is 20.1. The van der Waals surface area contributed by atoms with Gasteiger partial charge in [-0.2, -0.15) is 4.31 Å². The lowest BCUT2D eigenvalue weighted by molar-refractivity contribution is -0.121. The van der Waals surface area contributed by atoms with Crippen molar-refractivity contribution in [1.29, 1.82) is 0 Å². The standard InChI is InChI=1S/C23H28N2O3S/c26-23(16-19-13-12-18-8-2-4-10-21(18)19)24-17-20-9-3-5-11-22(20)29(27,28)25-14-6-1-7-15-25/h2-5,8-11,19H,1,6-7,12-17H2,(H,24,26). The topological polar surface area (TPSA) is 66.5 Å². The summed E-state index contributed by atoms with van der Waals surface area (Å²) < 4.78 is 27.7. The highest BCUT2D eigenvalue weighted by Gasteiger charge is 2.28. The van der Waals surface area contributed by atoms with Gasteiger partial charge >= 0.3 is 0 Å². The molecule has 1 unspecified atom stereocenters. The highest BCUT2D eigenvalue weighted by atomic mass is 32.2. The maximum atomic E-state index is 13.1. The fraction of sp³-hybridized carbons (Fsp3) is 0.435. The number of aryl methyl sites for hydroxylation is 1. The van der Waals surface area contributed by atoms with E-state index >= 15 is 0 Å². The molecular formula is C23H28N2O3S. The van der Waals surface area contributed by atoms with Crippen molar-refractivity contribution in [3.05, 3.63) is 65.2 Å². The van der Waals surface area contributed by atoms with E-state index < -0.39 is 10.0 Å². The van der Waals surface area contributed by atoms with Crippen molar-refractivity contribution < 1.29 is 13.2 Å². The zero-order chi connectivity index (χ0) is 20.3. The number of sulfonamides is 1. The molecule has 1 N–H and O–H groups in total. The quantitative estimate of drug-likeness (QED) is 0.788. The first-order valence-corrected chi connectivity index (χ1v) is 11.9. The Balaban J connectivity index is 1.42. The second kappa shape index (κ2) is 8.67. The van der Waals surface area contributed by atoms with E-state index in [-0.39, 0.29) is 18.4 Å². The Morgan fingerprint density at radius 1 is 1.00 bits per heavy atom. The average Bonchev–Trinajstić information content (AvgIpc) is 3.16. The molecular weight excluding hydrogens is 384 g/mol. The lowest BCUT2D eigenvalue weighted by atomic mass is 9.97. The largest absolute Gasteiger partial charge is 0.352 e. The Bertz CT molecular complexity index is 981. The minimum Gasteiger partial charge on any atom is -0.352 e. The van der Waals surface area contributed by atoms with E-state index in [0.29, 0.717) is 30.0 Å². The molecule has 5 nitrogen and oxygen atoms in total. The molecule has 1 fully saturated rings. The summed E-state index contributed by atoms with van der Waals surface area (Å²) >= 11 is 0. The van der Waals surface area contributed by atoms with Gasteiger partial charge in [-0.25, -0.2) is 8.42 Å². The van der Waals surface area contributed by atoms with Gasteiger partial charge in [0.2, 0.25) is 15.9 Å². The molecule has 4 rings (SSSR count). The summed E-state index contributed by atoms with van der Waals surface area (Å²) in [7, 11) is -3.52.